The summed E-state index contributed by atoms with van der Waals surface area (Å²) in [7, 11) is -2.65. The summed E-state index contributed by atoms with van der Waals surface area (Å²) in [5.41, 5.74) is 0.844. The van der Waals surface area contributed by atoms with E-state index < -0.39 is 20.8 Å². The number of phenols is 1. The minimum absolute atomic E-state index is 0.465. The van der Waals surface area contributed by atoms with Crippen LogP contribution in [0.3, 0.4) is 0 Å². The van der Waals surface area contributed by atoms with E-state index in [4.69, 9.17) is 4.55 Å². The Morgan fingerprint density at radius 1 is 1.12 bits per heavy atom. The summed E-state index contributed by atoms with van der Waals surface area (Å²) in [4.78, 5) is -0.484. The zero-order chi connectivity index (χ0) is 12.6. The van der Waals surface area contributed by atoms with E-state index in [2.05, 4.69) is 5.32 Å². The number of benzene rings is 2. The Morgan fingerprint density at radius 2 is 1.82 bits per heavy atom. The van der Waals surface area contributed by atoms with Gasteiger partial charge >= 0.3 is 0 Å². The van der Waals surface area contributed by atoms with Crippen molar-refractivity contribution in [2.45, 2.75) is 4.90 Å². The quantitative estimate of drug-likeness (QED) is 0.711. The van der Waals surface area contributed by atoms with E-state index >= 15 is 0 Å². The van der Waals surface area contributed by atoms with Gasteiger partial charge in [-0.15, -0.1) is 0 Å². The average Bonchev–Trinajstić information content (AvgIpc) is 2.25. The maximum absolute atomic E-state index is 11.0. The molecule has 0 aliphatic carbocycles. The molecule has 0 fully saturated rings. The van der Waals surface area contributed by atoms with Crippen LogP contribution in [0, 0.1) is 0 Å². The van der Waals surface area contributed by atoms with Crippen molar-refractivity contribution in [3.8, 4) is 5.75 Å². The topological polar surface area (TPSA) is 86.6 Å². The Morgan fingerprint density at radius 3 is 2.41 bits per heavy atom. The van der Waals surface area contributed by atoms with Gasteiger partial charge in [0.1, 0.15) is 10.6 Å². The number of fused-ring (bicyclic) bond motifs is 1. The van der Waals surface area contributed by atoms with Crippen LogP contribution >= 0.6 is 0 Å². The Labute approximate surface area is 98.5 Å². The Bertz CT molecular complexity index is 679. The highest BCUT2D eigenvalue weighted by Crippen LogP contribution is 2.29. The number of anilines is 1. The fourth-order valence-electron chi connectivity index (χ4n) is 1.63. The van der Waals surface area contributed by atoms with Gasteiger partial charge in [-0.1, -0.05) is 6.07 Å². The molecule has 0 spiro atoms. The lowest BCUT2D eigenvalue weighted by molar-refractivity contribution is 0.444. The third-order valence-electron chi connectivity index (χ3n) is 2.48. The fourth-order valence-corrected chi connectivity index (χ4v) is 2.23. The van der Waals surface area contributed by atoms with Crippen molar-refractivity contribution in [3.63, 3.8) is 0 Å². The molecule has 2 aromatic carbocycles. The molecule has 3 N–H and O–H groups in total. The summed E-state index contributed by atoms with van der Waals surface area (Å²) in [6.07, 6.45) is 0. The molecule has 0 saturated carbocycles. The zero-order valence-electron chi connectivity index (χ0n) is 9.01. The molecule has 0 unspecified atom stereocenters. The SMILES string of the molecule is CNc1ccc2cc(S(=O)(=O)O)c(O)cc2c1. The lowest BCUT2D eigenvalue weighted by atomic mass is 10.1. The van der Waals surface area contributed by atoms with Gasteiger partial charge in [0.2, 0.25) is 0 Å². The largest absolute Gasteiger partial charge is 0.506 e. The van der Waals surface area contributed by atoms with Crippen LogP contribution in [0.25, 0.3) is 10.8 Å². The minimum atomic E-state index is -4.41. The Kier molecular flexibility index (Phi) is 2.68. The number of hydrogen-bond donors (Lipinski definition) is 3. The fraction of sp³-hybridized carbons (Fsp3) is 0.0909. The molecular formula is C11H11NO4S. The maximum atomic E-state index is 11.0. The number of nitrogens with one attached hydrogen (secondary N) is 1. The predicted molar refractivity (Wildman–Crippen MR) is 65.0 cm³/mol. The van der Waals surface area contributed by atoms with Gasteiger partial charge in [-0.05, 0) is 35.0 Å². The van der Waals surface area contributed by atoms with Crippen molar-refractivity contribution in [1.29, 1.82) is 0 Å². The Hall–Kier alpha value is -1.79. The molecule has 0 saturated heterocycles. The first-order chi connectivity index (χ1) is 7.91. The first-order valence-electron chi connectivity index (χ1n) is 4.84. The van der Waals surface area contributed by atoms with Gasteiger partial charge in [0.05, 0.1) is 0 Å². The second-order valence-corrected chi connectivity index (χ2v) is 5.00. The van der Waals surface area contributed by atoms with Gasteiger partial charge in [-0.3, -0.25) is 4.55 Å². The molecule has 0 bridgehead atoms. The second kappa shape index (κ2) is 3.90. The van der Waals surface area contributed by atoms with Crippen LogP contribution in [0.5, 0.6) is 5.75 Å². The van der Waals surface area contributed by atoms with Gasteiger partial charge in [-0.2, -0.15) is 8.42 Å². The van der Waals surface area contributed by atoms with Gasteiger partial charge in [0.15, 0.2) is 0 Å². The van der Waals surface area contributed by atoms with Crippen molar-refractivity contribution in [3.05, 3.63) is 30.3 Å². The monoisotopic (exact) mass is 253 g/mol. The van der Waals surface area contributed by atoms with Crippen molar-refractivity contribution in [2.75, 3.05) is 12.4 Å². The normalized spacial score (nSPS) is 11.6. The third kappa shape index (κ3) is 2.17. The molecule has 0 atom stereocenters. The van der Waals surface area contributed by atoms with E-state index in [0.29, 0.717) is 10.8 Å². The van der Waals surface area contributed by atoms with E-state index in [-0.39, 0.29) is 0 Å². The highest BCUT2D eigenvalue weighted by atomic mass is 32.2. The van der Waals surface area contributed by atoms with Crippen LogP contribution in [-0.4, -0.2) is 25.1 Å². The molecule has 0 radical (unpaired) electrons. The van der Waals surface area contributed by atoms with E-state index in [1.807, 2.05) is 0 Å². The lowest BCUT2D eigenvalue weighted by Crippen LogP contribution is -1.98. The summed E-state index contributed by atoms with van der Waals surface area (Å²) in [6, 6.07) is 7.78. The molecule has 17 heavy (non-hydrogen) atoms. The van der Waals surface area contributed by atoms with Crippen LogP contribution in [0.15, 0.2) is 35.2 Å². The highest BCUT2D eigenvalue weighted by Gasteiger charge is 2.16. The number of hydrogen-bond acceptors (Lipinski definition) is 4. The van der Waals surface area contributed by atoms with Crippen LogP contribution in [0.1, 0.15) is 0 Å². The molecule has 0 heterocycles. The molecular weight excluding hydrogens is 242 g/mol. The summed E-state index contributed by atoms with van der Waals surface area (Å²) >= 11 is 0. The second-order valence-electron chi connectivity index (χ2n) is 3.61. The molecule has 6 heteroatoms. The van der Waals surface area contributed by atoms with E-state index in [9.17, 15) is 13.5 Å². The van der Waals surface area contributed by atoms with Gasteiger partial charge in [-0.25, -0.2) is 0 Å². The van der Waals surface area contributed by atoms with Gasteiger partial charge in [0.25, 0.3) is 10.1 Å². The molecule has 2 aromatic rings. The van der Waals surface area contributed by atoms with E-state index in [1.165, 1.54) is 12.1 Å². The first kappa shape index (κ1) is 11.7. The first-order valence-corrected chi connectivity index (χ1v) is 6.28. The van der Waals surface area contributed by atoms with Crippen molar-refractivity contribution < 1.29 is 18.1 Å². The molecule has 0 aromatic heterocycles. The summed E-state index contributed by atoms with van der Waals surface area (Å²) in [6.45, 7) is 0. The highest BCUT2D eigenvalue weighted by molar-refractivity contribution is 7.86. The van der Waals surface area contributed by atoms with Crippen LogP contribution in [0.4, 0.5) is 5.69 Å². The molecule has 2 rings (SSSR count). The smallest absolute Gasteiger partial charge is 0.298 e. The number of phenolic OH excluding ortho intramolecular Hbond substituents is 1. The molecule has 90 valence electrons. The molecule has 0 amide bonds. The summed E-state index contributed by atoms with van der Waals surface area (Å²) < 4.78 is 30.9. The maximum Gasteiger partial charge on any atom is 0.298 e. The molecule has 0 aliphatic rings. The zero-order valence-corrected chi connectivity index (χ0v) is 9.82. The summed E-state index contributed by atoms with van der Waals surface area (Å²) in [5.74, 6) is -0.465. The summed E-state index contributed by atoms with van der Waals surface area (Å²) in [5, 5.41) is 13.8. The Balaban J connectivity index is 2.75. The van der Waals surface area contributed by atoms with E-state index in [1.54, 1.807) is 25.2 Å². The number of aromatic hydroxyl groups is 1. The minimum Gasteiger partial charge on any atom is -0.506 e. The molecule has 5 nitrogen and oxygen atoms in total. The predicted octanol–water partition coefficient (Wildman–Crippen LogP) is 1.83. The van der Waals surface area contributed by atoms with Crippen molar-refractivity contribution in [1.82, 2.24) is 0 Å². The molecule has 0 aliphatic heterocycles. The van der Waals surface area contributed by atoms with E-state index in [0.717, 1.165) is 5.69 Å². The lowest BCUT2D eigenvalue weighted by Gasteiger charge is -2.06. The standard InChI is InChI=1S/C11H11NO4S/c1-12-9-3-2-7-6-11(17(14,15)16)10(13)5-8(7)4-9/h2-6,12-13H,1H3,(H,14,15,16). The van der Waals surface area contributed by atoms with Crippen LogP contribution < -0.4 is 5.32 Å². The van der Waals surface area contributed by atoms with Crippen LogP contribution in [-0.2, 0) is 10.1 Å². The number of rotatable bonds is 2. The van der Waals surface area contributed by atoms with Crippen molar-refractivity contribution in [2.24, 2.45) is 0 Å². The van der Waals surface area contributed by atoms with Gasteiger partial charge in [0, 0.05) is 12.7 Å². The van der Waals surface area contributed by atoms with Crippen LogP contribution in [0.2, 0.25) is 0 Å². The third-order valence-corrected chi connectivity index (χ3v) is 3.37. The van der Waals surface area contributed by atoms with Crippen molar-refractivity contribution >= 4 is 26.6 Å². The van der Waals surface area contributed by atoms with Gasteiger partial charge < -0.3 is 10.4 Å². The average molecular weight is 253 g/mol.